The van der Waals surface area contributed by atoms with E-state index >= 15 is 0 Å². The third-order valence-electron chi connectivity index (χ3n) is 31.9. The molecule has 0 radical (unpaired) electrons. The van der Waals surface area contributed by atoms with E-state index in [-0.39, 0.29) is 0 Å². The first kappa shape index (κ1) is 69.3. The van der Waals surface area contributed by atoms with Crippen molar-refractivity contribution in [1.82, 2.24) is 0 Å². The first-order valence-corrected chi connectivity index (χ1v) is 44.9. The highest BCUT2D eigenvalue weighted by atomic mass is 15.2. The van der Waals surface area contributed by atoms with Gasteiger partial charge in [-0.15, -0.1) is 0 Å². The van der Waals surface area contributed by atoms with Crippen molar-refractivity contribution in [2.75, 3.05) is 9.80 Å². The van der Waals surface area contributed by atoms with Crippen LogP contribution in [0.2, 0.25) is 0 Å². The number of nitrogens with zero attached hydrogens (tertiary/aromatic N) is 2. The van der Waals surface area contributed by atoms with Gasteiger partial charge in [0.2, 0.25) is 0 Å². The summed E-state index contributed by atoms with van der Waals surface area (Å²) in [7, 11) is 0. The molecule has 0 unspecified atom stereocenters. The van der Waals surface area contributed by atoms with Crippen LogP contribution in [-0.2, 0) is 32.5 Å². The highest BCUT2D eigenvalue weighted by molar-refractivity contribution is 6.04. The molecule has 10 aliphatic carbocycles. The van der Waals surface area contributed by atoms with Crippen molar-refractivity contribution in [1.29, 1.82) is 0 Å². The fourth-order valence-electron chi connectivity index (χ4n) is 27.0. The number of fused-ring (bicyclic) bond motifs is 46. The summed E-state index contributed by atoms with van der Waals surface area (Å²) in [5, 5.41) is 0. The van der Waals surface area contributed by atoms with E-state index in [0.29, 0.717) is 0 Å². The molecule has 2 heteroatoms. The Bertz CT molecular complexity index is 7090. The van der Waals surface area contributed by atoms with E-state index in [4.69, 9.17) is 0 Å². The van der Waals surface area contributed by atoms with E-state index in [1.54, 1.807) is 0 Å². The molecule has 29 rings (SSSR count). The summed E-state index contributed by atoms with van der Waals surface area (Å²) in [6.07, 6.45) is 0. The SMILES string of the molecule is CC1(C)c2cc(N(c3ccc4c(c3)C3(c5ccccc5-c5ccccc53)c3ccccc3-4)c3ccc4c(c3)C3(c5ccccc5-c5ccccc53)c3ccccc3-4)ccc2-c2cc3c(cc21)-c1ccc(N(c2ccc4c(c2)C2(c5ccccc5-c5ccccc52)c2ccccc2-4)c2ccc4c(c2)C2(c5ccccc5-c5ccccc52)c2ccccc2-4)cc1C3(C)C. The van der Waals surface area contributed by atoms with Gasteiger partial charge in [0, 0.05) is 45.0 Å². The molecule has 586 valence electrons. The highest BCUT2D eigenvalue weighted by Gasteiger charge is 2.58. The van der Waals surface area contributed by atoms with Gasteiger partial charge in [0.25, 0.3) is 0 Å². The van der Waals surface area contributed by atoms with Crippen LogP contribution in [-0.4, -0.2) is 0 Å². The lowest BCUT2D eigenvalue weighted by molar-refractivity contribution is 0.652. The average Bonchev–Trinajstić information content (AvgIpc) is 1.51. The maximum atomic E-state index is 2.62. The van der Waals surface area contributed by atoms with Crippen molar-refractivity contribution in [3.05, 3.63) is 524 Å². The van der Waals surface area contributed by atoms with Crippen LogP contribution in [0.25, 0.3) is 111 Å². The Morgan fingerprint density at radius 1 is 0.119 bits per heavy atom. The van der Waals surface area contributed by atoms with Crippen molar-refractivity contribution in [3.63, 3.8) is 0 Å². The van der Waals surface area contributed by atoms with Crippen LogP contribution in [0, 0.1) is 0 Å². The second-order valence-corrected chi connectivity index (χ2v) is 37.8. The number of hydrogen-bond donors (Lipinski definition) is 0. The third-order valence-corrected chi connectivity index (χ3v) is 31.9. The summed E-state index contributed by atoms with van der Waals surface area (Å²) in [5.41, 5.74) is 56.4. The lowest BCUT2D eigenvalue weighted by Crippen LogP contribution is -2.26. The molecular formula is C124H80N2. The average molecular weight is 1600 g/mol. The maximum Gasteiger partial charge on any atom is 0.0726 e. The Morgan fingerprint density at radius 3 is 0.413 bits per heavy atom. The summed E-state index contributed by atoms with van der Waals surface area (Å²) in [6.45, 7) is 9.95. The minimum absolute atomic E-state index is 0.400. The predicted molar refractivity (Wildman–Crippen MR) is 516 cm³/mol. The summed E-state index contributed by atoms with van der Waals surface area (Å²) >= 11 is 0. The molecule has 0 saturated heterocycles. The van der Waals surface area contributed by atoms with Crippen LogP contribution in [0.1, 0.15) is 139 Å². The molecule has 0 saturated carbocycles. The lowest BCUT2D eigenvalue weighted by atomic mass is 9.70. The third kappa shape index (κ3) is 8.11. The number of rotatable bonds is 6. The fourth-order valence-corrected chi connectivity index (χ4v) is 27.0. The van der Waals surface area contributed by atoms with Crippen LogP contribution < -0.4 is 9.80 Å². The molecule has 0 heterocycles. The largest absolute Gasteiger partial charge is 0.310 e. The molecule has 0 N–H and O–H groups in total. The van der Waals surface area contributed by atoms with Crippen LogP contribution in [0.3, 0.4) is 0 Å². The van der Waals surface area contributed by atoms with Gasteiger partial charge in [0.1, 0.15) is 0 Å². The number of benzene rings is 19. The van der Waals surface area contributed by atoms with Gasteiger partial charge in [-0.25, -0.2) is 0 Å². The van der Waals surface area contributed by atoms with Crippen molar-refractivity contribution < 1.29 is 0 Å². The molecular weight excluding hydrogens is 1520 g/mol. The lowest BCUT2D eigenvalue weighted by Gasteiger charge is -2.34. The van der Waals surface area contributed by atoms with Crippen LogP contribution in [0.4, 0.5) is 34.1 Å². The van der Waals surface area contributed by atoms with Gasteiger partial charge in [0.15, 0.2) is 0 Å². The molecule has 0 aliphatic heterocycles. The van der Waals surface area contributed by atoms with Gasteiger partial charge in [-0.1, -0.05) is 355 Å². The summed E-state index contributed by atoms with van der Waals surface area (Å²) < 4.78 is 0. The second-order valence-electron chi connectivity index (χ2n) is 37.8. The Balaban J connectivity index is 0.605. The van der Waals surface area contributed by atoms with E-state index in [2.05, 4.69) is 450 Å². The normalized spacial score (nSPS) is 15.8. The second kappa shape index (κ2) is 24.0. The minimum atomic E-state index is -0.538. The van der Waals surface area contributed by atoms with E-state index in [9.17, 15) is 0 Å². The zero-order valence-corrected chi connectivity index (χ0v) is 70.2. The summed E-state index contributed by atoms with van der Waals surface area (Å²) in [6, 6.07) is 161. The number of hydrogen-bond acceptors (Lipinski definition) is 2. The quantitative estimate of drug-likeness (QED) is 0.164. The zero-order chi connectivity index (χ0) is 82.8. The molecule has 126 heavy (non-hydrogen) atoms. The Morgan fingerprint density at radius 2 is 0.246 bits per heavy atom. The van der Waals surface area contributed by atoms with E-state index < -0.39 is 32.5 Å². The molecule has 0 bridgehead atoms. The Labute approximate surface area is 734 Å². The van der Waals surface area contributed by atoms with Crippen molar-refractivity contribution in [3.8, 4) is 111 Å². The van der Waals surface area contributed by atoms with E-state index in [1.807, 2.05) is 0 Å². The zero-order valence-electron chi connectivity index (χ0n) is 70.2. The number of anilines is 6. The monoisotopic (exact) mass is 1600 g/mol. The fraction of sp³-hybridized carbons (Fsp3) is 0.0806. The molecule has 0 aromatic heterocycles. The molecule has 19 aromatic carbocycles. The highest BCUT2D eigenvalue weighted by Crippen LogP contribution is 2.70. The summed E-state index contributed by atoms with van der Waals surface area (Å²) in [5.74, 6) is 0. The van der Waals surface area contributed by atoms with Crippen LogP contribution in [0.15, 0.2) is 413 Å². The standard InChI is InChI=1S/C124H80N2/c1-119(2)111-65-73(125(75-53-59-91-87-37-13-25-49-107(87)121(115(91)67-75)99-41-17-5-29-79(99)80-30-6-18-42-100(80)121)76-54-60-92-88-38-14-26-50-108(88)122(116(92)68-76)101-43-19-7-31-81(101)82-32-8-20-44-102(82)122)57-63-95(111)97-72-114-98(71-113(97)119)96-64-58-74(66-112(96)120(114,3)4)126(77-55-61-93-89-39-15-27-51-109(89)123(117(93)69-77)103-45-21-9-33-83(103)84-34-10-22-46-104(84)123)78-56-62-94-90-40-16-28-52-110(90)124(118(94)70-78)105-47-23-11-35-85(105)86-36-12-24-48-106(86)124/h5-72H,1-4H3. The van der Waals surface area contributed by atoms with E-state index in [0.717, 1.165) is 34.1 Å². The van der Waals surface area contributed by atoms with Crippen molar-refractivity contribution >= 4 is 34.1 Å². The van der Waals surface area contributed by atoms with Gasteiger partial charge in [-0.2, -0.15) is 0 Å². The first-order chi connectivity index (χ1) is 62.0. The molecule has 10 aliphatic rings. The maximum absolute atomic E-state index is 2.62. The predicted octanol–water partition coefficient (Wildman–Crippen LogP) is 30.6. The molecule has 4 spiro atoms. The Kier molecular flexibility index (Phi) is 13.2. The van der Waals surface area contributed by atoms with E-state index in [1.165, 1.54) is 223 Å². The van der Waals surface area contributed by atoms with Crippen molar-refractivity contribution in [2.24, 2.45) is 0 Å². The molecule has 2 nitrogen and oxygen atoms in total. The van der Waals surface area contributed by atoms with Gasteiger partial charge >= 0.3 is 0 Å². The minimum Gasteiger partial charge on any atom is -0.310 e. The van der Waals surface area contributed by atoms with Gasteiger partial charge in [0.05, 0.1) is 21.7 Å². The molecule has 19 aromatic rings. The summed E-state index contributed by atoms with van der Waals surface area (Å²) in [4.78, 5) is 5.23. The van der Waals surface area contributed by atoms with Crippen molar-refractivity contribution in [2.45, 2.75) is 60.2 Å². The van der Waals surface area contributed by atoms with Crippen LogP contribution in [0.5, 0.6) is 0 Å². The molecule has 0 atom stereocenters. The Hall–Kier alpha value is -15.2. The first-order valence-electron chi connectivity index (χ1n) is 44.9. The van der Waals surface area contributed by atoms with Gasteiger partial charge < -0.3 is 9.80 Å². The van der Waals surface area contributed by atoms with Crippen LogP contribution >= 0.6 is 0 Å². The van der Waals surface area contributed by atoms with Gasteiger partial charge in [-0.3, -0.25) is 0 Å². The van der Waals surface area contributed by atoms with Gasteiger partial charge in [-0.05, 0) is 307 Å². The molecule has 0 amide bonds. The smallest absolute Gasteiger partial charge is 0.0726 e. The topological polar surface area (TPSA) is 6.48 Å². The molecule has 0 fully saturated rings.